The number of hydrogen-bond acceptors (Lipinski definition) is 4. The van der Waals surface area contributed by atoms with Crippen LogP contribution in [-0.4, -0.2) is 49.3 Å². The summed E-state index contributed by atoms with van der Waals surface area (Å²) in [7, 11) is 0. The first-order valence-corrected chi connectivity index (χ1v) is 7.39. The fraction of sp³-hybridized carbons (Fsp3) is 0.462. The van der Waals surface area contributed by atoms with Crippen LogP contribution in [0.15, 0.2) is 22.7 Å². The molecule has 104 valence electrons. The van der Waals surface area contributed by atoms with Crippen molar-refractivity contribution in [3.05, 3.63) is 28.2 Å². The van der Waals surface area contributed by atoms with Gasteiger partial charge in [-0.15, -0.1) is 0 Å². The number of ether oxygens (including phenoxy) is 2. The van der Waals surface area contributed by atoms with Gasteiger partial charge in [0.05, 0.1) is 18.8 Å². The highest BCUT2D eigenvalue weighted by molar-refractivity contribution is 9.10. The van der Waals surface area contributed by atoms with Crippen molar-refractivity contribution in [2.45, 2.75) is 0 Å². The van der Waals surface area contributed by atoms with Gasteiger partial charge in [-0.3, -0.25) is 4.90 Å². The molecule has 2 N–H and O–H groups in total. The summed E-state index contributed by atoms with van der Waals surface area (Å²) >= 11 is 8.44. The van der Waals surface area contributed by atoms with Crippen molar-refractivity contribution in [2.24, 2.45) is 5.73 Å². The Hall–Kier alpha value is -0.690. The second-order valence-corrected chi connectivity index (χ2v) is 5.66. The van der Waals surface area contributed by atoms with E-state index < -0.39 is 0 Å². The predicted octanol–water partition coefficient (Wildman–Crippen LogP) is 1.79. The van der Waals surface area contributed by atoms with Gasteiger partial charge in [-0.1, -0.05) is 28.1 Å². The molecule has 1 aromatic rings. The maximum atomic E-state index is 5.79. The molecule has 0 unspecified atom stereocenters. The highest BCUT2D eigenvalue weighted by atomic mass is 79.9. The van der Waals surface area contributed by atoms with Crippen LogP contribution in [0.1, 0.15) is 5.56 Å². The minimum Gasteiger partial charge on any atom is -0.492 e. The molecule has 6 heteroatoms. The molecule has 0 saturated carbocycles. The molecule has 1 heterocycles. The summed E-state index contributed by atoms with van der Waals surface area (Å²) in [6, 6.07) is 5.69. The van der Waals surface area contributed by atoms with Crippen LogP contribution in [0.3, 0.4) is 0 Å². The summed E-state index contributed by atoms with van der Waals surface area (Å²) in [6.45, 7) is 5.04. The molecule has 0 aliphatic carbocycles. The van der Waals surface area contributed by atoms with Crippen LogP contribution in [0, 0.1) is 0 Å². The minimum atomic E-state index is 0.350. The fourth-order valence-electron chi connectivity index (χ4n) is 1.93. The van der Waals surface area contributed by atoms with Crippen LogP contribution in [-0.2, 0) is 4.74 Å². The van der Waals surface area contributed by atoms with E-state index in [2.05, 4.69) is 20.8 Å². The Balaban J connectivity index is 1.89. The quantitative estimate of drug-likeness (QED) is 0.825. The maximum absolute atomic E-state index is 5.79. The van der Waals surface area contributed by atoms with Gasteiger partial charge < -0.3 is 15.2 Å². The maximum Gasteiger partial charge on any atom is 0.129 e. The molecule has 1 saturated heterocycles. The van der Waals surface area contributed by atoms with Gasteiger partial charge in [-0.05, 0) is 18.2 Å². The molecule has 0 radical (unpaired) electrons. The topological polar surface area (TPSA) is 47.7 Å². The molecule has 1 aromatic carbocycles. The first kappa shape index (κ1) is 14.7. The fourth-order valence-corrected chi connectivity index (χ4v) is 2.45. The molecule has 0 amide bonds. The third kappa shape index (κ3) is 4.42. The molecule has 2 rings (SSSR count). The van der Waals surface area contributed by atoms with Gasteiger partial charge in [-0.2, -0.15) is 0 Å². The number of morpholine rings is 1. The molecule has 1 fully saturated rings. The lowest BCUT2D eigenvalue weighted by molar-refractivity contribution is 0.0322. The van der Waals surface area contributed by atoms with Crippen LogP contribution in [0.25, 0.3) is 0 Å². The van der Waals surface area contributed by atoms with Crippen molar-refractivity contribution in [3.63, 3.8) is 0 Å². The monoisotopic (exact) mass is 344 g/mol. The molecule has 19 heavy (non-hydrogen) atoms. The third-order valence-electron chi connectivity index (χ3n) is 2.98. The predicted molar refractivity (Wildman–Crippen MR) is 82.8 cm³/mol. The summed E-state index contributed by atoms with van der Waals surface area (Å²) in [6.07, 6.45) is 0. The number of nitrogens with two attached hydrogens (primary N) is 1. The zero-order valence-corrected chi connectivity index (χ0v) is 13.0. The second-order valence-electron chi connectivity index (χ2n) is 4.31. The molecule has 0 bridgehead atoms. The zero-order chi connectivity index (χ0) is 13.7. The van der Waals surface area contributed by atoms with Crippen LogP contribution in [0.2, 0.25) is 0 Å². The van der Waals surface area contributed by atoms with E-state index in [-0.39, 0.29) is 0 Å². The summed E-state index contributed by atoms with van der Waals surface area (Å²) < 4.78 is 12.0. The van der Waals surface area contributed by atoms with E-state index in [1.54, 1.807) is 0 Å². The number of benzene rings is 1. The Labute approximate surface area is 127 Å². The van der Waals surface area contributed by atoms with Gasteiger partial charge in [0.25, 0.3) is 0 Å². The number of hydrogen-bond donors (Lipinski definition) is 1. The SMILES string of the molecule is NC(=S)c1cc(Br)ccc1OCCN1CCOCC1. The summed E-state index contributed by atoms with van der Waals surface area (Å²) in [5.74, 6) is 0.740. The van der Waals surface area contributed by atoms with Gasteiger partial charge in [0, 0.05) is 24.1 Å². The smallest absolute Gasteiger partial charge is 0.129 e. The summed E-state index contributed by atoms with van der Waals surface area (Å²) in [4.78, 5) is 2.67. The lowest BCUT2D eigenvalue weighted by atomic mass is 10.2. The largest absolute Gasteiger partial charge is 0.492 e. The number of halogens is 1. The van der Waals surface area contributed by atoms with Crippen LogP contribution < -0.4 is 10.5 Å². The number of nitrogens with zero attached hydrogens (tertiary/aromatic N) is 1. The molecule has 0 spiro atoms. The van der Waals surface area contributed by atoms with Crippen molar-refractivity contribution < 1.29 is 9.47 Å². The lowest BCUT2D eigenvalue weighted by Crippen LogP contribution is -2.38. The lowest BCUT2D eigenvalue weighted by Gasteiger charge is -2.26. The van der Waals surface area contributed by atoms with Crippen LogP contribution in [0.4, 0.5) is 0 Å². The second kappa shape index (κ2) is 7.19. The van der Waals surface area contributed by atoms with Gasteiger partial charge >= 0.3 is 0 Å². The molecular formula is C13H17BrN2O2S. The van der Waals surface area contributed by atoms with Gasteiger partial charge in [0.2, 0.25) is 0 Å². The average Bonchev–Trinajstić information content (AvgIpc) is 2.41. The molecule has 1 aliphatic rings. The van der Waals surface area contributed by atoms with Gasteiger partial charge in [-0.25, -0.2) is 0 Å². The molecule has 1 aliphatic heterocycles. The van der Waals surface area contributed by atoms with E-state index in [0.717, 1.165) is 48.6 Å². The Kier molecular flexibility index (Phi) is 5.57. The van der Waals surface area contributed by atoms with Crippen LogP contribution in [0.5, 0.6) is 5.75 Å². The molecular weight excluding hydrogens is 328 g/mol. The van der Waals surface area contributed by atoms with E-state index in [1.807, 2.05) is 18.2 Å². The van der Waals surface area contributed by atoms with Gasteiger partial charge in [0.15, 0.2) is 0 Å². The normalized spacial score (nSPS) is 16.3. The van der Waals surface area contributed by atoms with E-state index in [0.29, 0.717) is 11.6 Å². The van der Waals surface area contributed by atoms with E-state index in [4.69, 9.17) is 27.4 Å². The standard InChI is InChI=1S/C13H17BrN2O2S/c14-10-1-2-12(11(9-10)13(15)19)18-8-5-16-3-6-17-7-4-16/h1-2,9H,3-8H2,(H2,15,19). The highest BCUT2D eigenvalue weighted by Crippen LogP contribution is 2.23. The zero-order valence-electron chi connectivity index (χ0n) is 10.6. The first-order valence-electron chi connectivity index (χ1n) is 6.19. The van der Waals surface area contributed by atoms with Crippen molar-refractivity contribution in [1.82, 2.24) is 4.90 Å². The molecule has 4 nitrogen and oxygen atoms in total. The summed E-state index contributed by atoms with van der Waals surface area (Å²) in [5, 5.41) is 0. The Bertz CT molecular complexity index is 450. The van der Waals surface area contributed by atoms with Crippen LogP contribution >= 0.6 is 28.1 Å². The van der Waals surface area contributed by atoms with E-state index in [9.17, 15) is 0 Å². The average molecular weight is 345 g/mol. The molecule has 0 atom stereocenters. The molecule has 0 aromatic heterocycles. The van der Waals surface area contributed by atoms with Crippen molar-refractivity contribution in [3.8, 4) is 5.75 Å². The number of rotatable bonds is 5. The Morgan fingerprint density at radius 2 is 2.16 bits per heavy atom. The minimum absolute atomic E-state index is 0.350. The Morgan fingerprint density at radius 1 is 1.42 bits per heavy atom. The van der Waals surface area contributed by atoms with Crippen molar-refractivity contribution in [1.29, 1.82) is 0 Å². The number of thiocarbonyl (C=S) groups is 1. The Morgan fingerprint density at radius 3 is 2.84 bits per heavy atom. The first-order chi connectivity index (χ1) is 9.16. The van der Waals surface area contributed by atoms with Gasteiger partial charge in [0.1, 0.15) is 17.3 Å². The third-order valence-corrected chi connectivity index (χ3v) is 3.69. The van der Waals surface area contributed by atoms with Crippen molar-refractivity contribution in [2.75, 3.05) is 39.5 Å². The summed E-state index contributed by atoms with van der Waals surface area (Å²) in [5.41, 5.74) is 6.47. The van der Waals surface area contributed by atoms with E-state index in [1.165, 1.54) is 0 Å². The highest BCUT2D eigenvalue weighted by Gasteiger charge is 2.11. The van der Waals surface area contributed by atoms with Crippen molar-refractivity contribution >= 4 is 33.1 Å². The van der Waals surface area contributed by atoms with E-state index >= 15 is 0 Å².